The van der Waals surface area contributed by atoms with E-state index in [1.165, 1.54) is 12.8 Å². The minimum atomic E-state index is -0.890. The van der Waals surface area contributed by atoms with Gasteiger partial charge in [0.15, 0.2) is 0 Å². The van der Waals surface area contributed by atoms with Gasteiger partial charge in [-0.3, -0.25) is 4.79 Å². The van der Waals surface area contributed by atoms with Crippen LogP contribution < -0.4 is 5.32 Å². The van der Waals surface area contributed by atoms with Crippen molar-refractivity contribution in [3.8, 4) is 0 Å². The Balaban J connectivity index is -0.000000491. The summed E-state index contributed by atoms with van der Waals surface area (Å²) in [6.07, 6.45) is 4.02. The van der Waals surface area contributed by atoms with Crippen LogP contribution in [0.25, 0.3) is 0 Å². The van der Waals surface area contributed by atoms with Gasteiger partial charge in [-0.15, -0.1) is 0 Å². The number of aliphatic carboxylic acids is 1. The van der Waals surface area contributed by atoms with Crippen LogP contribution in [0.3, 0.4) is 0 Å². The van der Waals surface area contributed by atoms with Crippen molar-refractivity contribution >= 4 is 5.97 Å². The van der Waals surface area contributed by atoms with Crippen molar-refractivity contribution in [2.75, 3.05) is 19.8 Å². The molecule has 26 heavy (non-hydrogen) atoms. The second-order valence-corrected chi connectivity index (χ2v) is 7.86. The number of ether oxygens (including phenoxy) is 1. The molecule has 5 heteroatoms. The van der Waals surface area contributed by atoms with Gasteiger partial charge in [-0.25, -0.2) is 0 Å². The highest BCUT2D eigenvalue weighted by Crippen LogP contribution is 2.19. The normalized spacial score (nSPS) is 13.2. The first-order valence-electron chi connectivity index (χ1n) is 10.3. The van der Waals surface area contributed by atoms with Crippen LogP contribution in [-0.2, 0) is 9.53 Å². The van der Waals surface area contributed by atoms with Crippen molar-refractivity contribution in [1.82, 2.24) is 5.32 Å². The summed E-state index contributed by atoms with van der Waals surface area (Å²) < 4.78 is 5.25. The second kappa shape index (κ2) is 19.1. The summed E-state index contributed by atoms with van der Waals surface area (Å²) in [6.45, 7) is 19.9. The number of carboxylic acids is 1. The summed E-state index contributed by atoms with van der Waals surface area (Å²) in [4.78, 5) is 10.9. The summed E-state index contributed by atoms with van der Waals surface area (Å²) in [5, 5.41) is 21.3. The van der Waals surface area contributed by atoms with Crippen LogP contribution in [0.5, 0.6) is 0 Å². The van der Waals surface area contributed by atoms with Crippen LogP contribution >= 0.6 is 0 Å². The number of aliphatic hydroxyl groups excluding tert-OH is 1. The van der Waals surface area contributed by atoms with E-state index in [9.17, 15) is 9.90 Å². The Bertz CT molecular complexity index is 301. The third-order valence-electron chi connectivity index (χ3n) is 3.46. The lowest BCUT2D eigenvalue weighted by Gasteiger charge is -2.20. The Kier molecular flexibility index (Phi) is 22.1. The molecule has 160 valence electrons. The van der Waals surface area contributed by atoms with E-state index >= 15 is 0 Å². The molecule has 0 heterocycles. The second-order valence-electron chi connectivity index (χ2n) is 7.86. The highest BCUT2D eigenvalue weighted by atomic mass is 16.5. The van der Waals surface area contributed by atoms with E-state index in [4.69, 9.17) is 9.84 Å². The lowest BCUT2D eigenvalue weighted by atomic mass is 9.91. The predicted octanol–water partition coefficient (Wildman–Crippen LogP) is 4.72. The minimum Gasteiger partial charge on any atom is -0.480 e. The van der Waals surface area contributed by atoms with Crippen molar-refractivity contribution in [2.45, 2.75) is 100 Å². The van der Waals surface area contributed by atoms with Gasteiger partial charge < -0.3 is 20.3 Å². The van der Waals surface area contributed by atoms with Crippen molar-refractivity contribution in [3.05, 3.63) is 0 Å². The van der Waals surface area contributed by atoms with Gasteiger partial charge in [-0.1, -0.05) is 75.2 Å². The van der Waals surface area contributed by atoms with Crippen LogP contribution in [0.15, 0.2) is 0 Å². The van der Waals surface area contributed by atoms with Crippen molar-refractivity contribution in [2.24, 2.45) is 11.3 Å². The lowest BCUT2D eigenvalue weighted by Crippen LogP contribution is -2.45. The maximum Gasteiger partial charge on any atom is 0.320 e. The summed E-state index contributed by atoms with van der Waals surface area (Å²) in [5.41, 5.74) is 0.550. The number of unbranched alkanes of at least 4 members (excludes halogenated alkanes) is 1. The topological polar surface area (TPSA) is 78.8 Å². The molecule has 0 radical (unpaired) electrons. The monoisotopic (exact) mass is 377 g/mol. The molecule has 0 fully saturated rings. The number of hydrogen-bond donors (Lipinski definition) is 3. The molecule has 2 atom stereocenters. The molecule has 3 N–H and O–H groups in total. The molecule has 0 bridgehead atoms. The molecule has 0 aromatic carbocycles. The first-order valence-corrected chi connectivity index (χ1v) is 10.3. The SMILES string of the molecule is CC.CCCC(C)(C)C.CCCCOCC(O)CNC(C(=O)O)C(C)C. The highest BCUT2D eigenvalue weighted by Gasteiger charge is 2.21. The number of rotatable bonds is 11. The number of carboxylic acid groups (broad SMARTS) is 1. The molecule has 2 unspecified atom stereocenters. The Morgan fingerprint density at radius 1 is 1.12 bits per heavy atom. The van der Waals surface area contributed by atoms with E-state index in [0.717, 1.165) is 12.8 Å². The van der Waals surface area contributed by atoms with Gasteiger partial charge in [0.05, 0.1) is 12.7 Å². The lowest BCUT2D eigenvalue weighted by molar-refractivity contribution is -0.140. The summed E-state index contributed by atoms with van der Waals surface area (Å²) in [6, 6.07) is -0.625. The number of aliphatic hydroxyl groups is 1. The van der Waals surface area contributed by atoms with Crippen LogP contribution in [0.1, 0.15) is 88.0 Å². The number of carbonyl (C=O) groups is 1. The van der Waals surface area contributed by atoms with Crippen LogP contribution in [0.4, 0.5) is 0 Å². The van der Waals surface area contributed by atoms with E-state index in [1.54, 1.807) is 0 Å². The maximum absolute atomic E-state index is 10.9. The predicted molar refractivity (Wildman–Crippen MR) is 112 cm³/mol. The van der Waals surface area contributed by atoms with Crippen molar-refractivity contribution < 1.29 is 19.7 Å². The molecule has 0 spiro atoms. The van der Waals surface area contributed by atoms with Gasteiger partial charge in [-0.2, -0.15) is 0 Å². The standard InChI is InChI=1S/C12H25NO4.C7H16.C2H6/c1-4-5-6-17-8-10(14)7-13-11(9(2)3)12(15)16;1-5-6-7(2,3)4;1-2/h9-11,13-14H,4-8H2,1-3H3,(H,15,16);5-6H2,1-4H3;1-2H3. The molecular weight excluding hydrogens is 330 g/mol. The Morgan fingerprint density at radius 3 is 1.96 bits per heavy atom. The molecule has 0 saturated carbocycles. The van der Waals surface area contributed by atoms with Gasteiger partial charge in [0.2, 0.25) is 0 Å². The van der Waals surface area contributed by atoms with Gasteiger partial charge in [0.1, 0.15) is 6.04 Å². The zero-order valence-electron chi connectivity index (χ0n) is 18.9. The third kappa shape index (κ3) is 23.4. The van der Waals surface area contributed by atoms with Gasteiger partial charge in [0, 0.05) is 13.2 Å². The molecule has 0 aliphatic carbocycles. The van der Waals surface area contributed by atoms with E-state index in [2.05, 4.69) is 39.9 Å². The first-order chi connectivity index (χ1) is 12.0. The molecule has 0 aliphatic rings. The fraction of sp³-hybridized carbons (Fsp3) is 0.952. The Labute approximate surface area is 162 Å². The average Bonchev–Trinajstić information content (AvgIpc) is 2.52. The van der Waals surface area contributed by atoms with Crippen molar-refractivity contribution in [1.29, 1.82) is 0 Å². The fourth-order valence-corrected chi connectivity index (χ4v) is 2.15. The number of hydrogen-bond acceptors (Lipinski definition) is 4. The van der Waals surface area contributed by atoms with E-state index in [1.807, 2.05) is 27.7 Å². The molecule has 0 saturated heterocycles. The van der Waals surface area contributed by atoms with Crippen LogP contribution in [0, 0.1) is 11.3 Å². The zero-order chi connectivity index (χ0) is 21.2. The average molecular weight is 378 g/mol. The molecule has 0 aliphatic heterocycles. The van der Waals surface area contributed by atoms with Crippen LogP contribution in [-0.4, -0.2) is 48.1 Å². The van der Waals surface area contributed by atoms with E-state index in [-0.39, 0.29) is 19.1 Å². The van der Waals surface area contributed by atoms with Crippen LogP contribution in [0.2, 0.25) is 0 Å². The molecule has 0 amide bonds. The highest BCUT2D eigenvalue weighted by molar-refractivity contribution is 5.73. The number of nitrogens with one attached hydrogen (secondary N) is 1. The smallest absolute Gasteiger partial charge is 0.320 e. The summed E-state index contributed by atoms with van der Waals surface area (Å²) >= 11 is 0. The molecule has 0 aromatic rings. The molecule has 5 nitrogen and oxygen atoms in total. The Hall–Kier alpha value is -0.650. The maximum atomic E-state index is 10.9. The third-order valence-corrected chi connectivity index (χ3v) is 3.46. The van der Waals surface area contributed by atoms with Gasteiger partial charge in [-0.05, 0) is 24.2 Å². The van der Waals surface area contributed by atoms with E-state index < -0.39 is 18.1 Å². The zero-order valence-corrected chi connectivity index (χ0v) is 18.9. The first kappa shape index (κ1) is 30.1. The molecular formula is C21H47NO4. The fourth-order valence-electron chi connectivity index (χ4n) is 2.15. The van der Waals surface area contributed by atoms with Crippen molar-refractivity contribution in [3.63, 3.8) is 0 Å². The Morgan fingerprint density at radius 2 is 1.65 bits per heavy atom. The molecule has 0 rings (SSSR count). The van der Waals surface area contributed by atoms with E-state index in [0.29, 0.717) is 12.0 Å². The quantitative estimate of drug-likeness (QED) is 0.454. The minimum absolute atomic E-state index is 0.0132. The van der Waals surface area contributed by atoms with Gasteiger partial charge >= 0.3 is 5.97 Å². The summed E-state index contributed by atoms with van der Waals surface area (Å²) in [5.74, 6) is -0.903. The van der Waals surface area contributed by atoms with Gasteiger partial charge in [0.25, 0.3) is 0 Å². The summed E-state index contributed by atoms with van der Waals surface area (Å²) in [7, 11) is 0. The largest absolute Gasteiger partial charge is 0.480 e. The molecule has 0 aromatic heterocycles.